The first-order valence-electron chi connectivity index (χ1n) is 4.05. The number of nitrogens with two attached hydrogens (primary N) is 1. The quantitative estimate of drug-likeness (QED) is 0.700. The predicted molar refractivity (Wildman–Crippen MR) is 47.2 cm³/mol. The summed E-state index contributed by atoms with van der Waals surface area (Å²) >= 11 is 0. The zero-order valence-electron chi connectivity index (χ0n) is 7.56. The molecule has 6 heteroatoms. The smallest absolute Gasteiger partial charge is 0.215 e. The molecule has 0 aliphatic rings. The lowest BCUT2D eigenvalue weighted by atomic mass is 10.7. The van der Waals surface area contributed by atoms with Crippen molar-refractivity contribution in [1.82, 2.24) is 19.3 Å². The fourth-order valence-electron chi connectivity index (χ4n) is 1.25. The summed E-state index contributed by atoms with van der Waals surface area (Å²) in [6, 6.07) is 0. The van der Waals surface area contributed by atoms with Crippen molar-refractivity contribution < 1.29 is 4.84 Å². The van der Waals surface area contributed by atoms with Crippen molar-refractivity contribution in [3.05, 3.63) is 12.2 Å². The van der Waals surface area contributed by atoms with Crippen LogP contribution < -0.4 is 10.6 Å². The van der Waals surface area contributed by atoms with Gasteiger partial charge in [-0.1, -0.05) is 0 Å². The van der Waals surface area contributed by atoms with Crippen molar-refractivity contribution in [2.45, 2.75) is 13.8 Å². The zero-order chi connectivity index (χ0) is 9.42. The van der Waals surface area contributed by atoms with Gasteiger partial charge < -0.3 is 10.6 Å². The summed E-state index contributed by atoms with van der Waals surface area (Å²) < 4.78 is 3.18. The Labute approximate surface area is 74.9 Å². The molecule has 0 bridgehead atoms. The maximum absolute atomic E-state index is 5.65. The highest BCUT2D eigenvalue weighted by atomic mass is 16.7. The normalized spacial score (nSPS) is 10.9. The second-order valence-corrected chi connectivity index (χ2v) is 2.66. The molecule has 0 saturated carbocycles. The van der Waals surface area contributed by atoms with Crippen LogP contribution in [0.2, 0.25) is 0 Å². The van der Waals surface area contributed by atoms with Gasteiger partial charge in [-0.25, -0.2) is 4.98 Å². The molecule has 0 fully saturated rings. The van der Waals surface area contributed by atoms with E-state index in [1.807, 2.05) is 13.8 Å². The topological polar surface area (TPSA) is 70.4 Å². The van der Waals surface area contributed by atoms with E-state index in [0.717, 1.165) is 5.82 Å². The highest BCUT2D eigenvalue weighted by molar-refractivity contribution is 5.59. The summed E-state index contributed by atoms with van der Waals surface area (Å²) in [5, 5.41) is 4.16. The molecule has 2 heterocycles. The molecular weight excluding hydrogens is 170 g/mol. The van der Waals surface area contributed by atoms with E-state index in [1.165, 1.54) is 0 Å². The van der Waals surface area contributed by atoms with Gasteiger partial charge in [0.2, 0.25) is 5.65 Å². The van der Waals surface area contributed by atoms with E-state index in [2.05, 4.69) is 10.1 Å². The van der Waals surface area contributed by atoms with Gasteiger partial charge in [0.1, 0.15) is 12.9 Å². The first-order chi connectivity index (χ1) is 6.24. The fraction of sp³-hybridized carbons (Fsp3) is 0.429. The van der Waals surface area contributed by atoms with E-state index in [9.17, 15) is 0 Å². The second-order valence-electron chi connectivity index (χ2n) is 2.66. The molecule has 0 amide bonds. The van der Waals surface area contributed by atoms with Crippen LogP contribution in [0.25, 0.3) is 5.65 Å². The number of aromatic nitrogens is 4. The van der Waals surface area contributed by atoms with Crippen LogP contribution in [0.1, 0.15) is 12.7 Å². The number of fused-ring (bicyclic) bond motifs is 1. The van der Waals surface area contributed by atoms with Gasteiger partial charge in [0, 0.05) is 0 Å². The first kappa shape index (κ1) is 7.90. The lowest BCUT2D eigenvalue weighted by Gasteiger charge is -2.04. The molecule has 70 valence electrons. The molecule has 0 unspecified atom stereocenters. The minimum absolute atomic E-state index is 0.425. The van der Waals surface area contributed by atoms with Crippen molar-refractivity contribution >= 4 is 11.5 Å². The molecule has 2 aromatic rings. The largest absolute Gasteiger partial charge is 0.411 e. The number of imidazole rings is 1. The Morgan fingerprint density at radius 2 is 2.38 bits per heavy atom. The Kier molecular flexibility index (Phi) is 1.61. The van der Waals surface area contributed by atoms with Crippen molar-refractivity contribution in [3.63, 3.8) is 0 Å². The Hall–Kier alpha value is -1.72. The van der Waals surface area contributed by atoms with Crippen LogP contribution in [0.4, 0.5) is 5.82 Å². The number of hydrogen-bond donors (Lipinski definition) is 1. The van der Waals surface area contributed by atoms with Crippen LogP contribution in [-0.2, 0) is 0 Å². The Balaban J connectivity index is 2.67. The van der Waals surface area contributed by atoms with E-state index in [-0.39, 0.29) is 0 Å². The number of nitrogen functional groups attached to an aromatic ring is 1. The van der Waals surface area contributed by atoms with Gasteiger partial charge in [-0.3, -0.25) is 0 Å². The van der Waals surface area contributed by atoms with Crippen LogP contribution in [-0.4, -0.2) is 25.9 Å². The predicted octanol–water partition coefficient (Wildman–Crippen LogP) is -0.130. The number of aryl methyl sites for hydroxylation is 1. The summed E-state index contributed by atoms with van der Waals surface area (Å²) in [7, 11) is 0. The minimum atomic E-state index is 0.425. The van der Waals surface area contributed by atoms with Crippen molar-refractivity contribution in [2.24, 2.45) is 0 Å². The Morgan fingerprint density at radius 3 is 3.08 bits per heavy atom. The molecule has 0 aromatic carbocycles. The molecule has 0 radical (unpaired) electrons. The first-order valence-corrected chi connectivity index (χ1v) is 4.05. The molecule has 0 saturated heterocycles. The van der Waals surface area contributed by atoms with Crippen LogP contribution >= 0.6 is 0 Å². The molecule has 2 rings (SSSR count). The van der Waals surface area contributed by atoms with Crippen LogP contribution in [0.15, 0.2) is 6.33 Å². The van der Waals surface area contributed by atoms with E-state index >= 15 is 0 Å². The van der Waals surface area contributed by atoms with Gasteiger partial charge in [0.15, 0.2) is 11.6 Å². The number of rotatable bonds is 2. The highest BCUT2D eigenvalue weighted by Gasteiger charge is 2.11. The maximum Gasteiger partial charge on any atom is 0.215 e. The molecule has 2 aromatic heterocycles. The van der Waals surface area contributed by atoms with E-state index in [1.54, 1.807) is 15.6 Å². The molecular formula is C7H11N5O. The van der Waals surface area contributed by atoms with Gasteiger partial charge in [-0.15, -0.1) is 9.83 Å². The minimum Gasteiger partial charge on any atom is -0.411 e. The lowest BCUT2D eigenvalue weighted by molar-refractivity contribution is 0.126. The fourth-order valence-corrected chi connectivity index (χ4v) is 1.25. The Morgan fingerprint density at radius 1 is 1.62 bits per heavy atom. The molecule has 2 N–H and O–H groups in total. The zero-order valence-corrected chi connectivity index (χ0v) is 7.56. The van der Waals surface area contributed by atoms with Crippen molar-refractivity contribution in [3.8, 4) is 0 Å². The van der Waals surface area contributed by atoms with Gasteiger partial charge in [0.25, 0.3) is 0 Å². The molecule has 6 nitrogen and oxygen atoms in total. The van der Waals surface area contributed by atoms with Crippen LogP contribution in [0.5, 0.6) is 0 Å². The SMILES string of the molecule is CCOn1c(C)nn2cnc(N)c12. The molecule has 13 heavy (non-hydrogen) atoms. The number of hydrogen-bond acceptors (Lipinski definition) is 4. The highest BCUT2D eigenvalue weighted by Crippen LogP contribution is 2.11. The van der Waals surface area contributed by atoms with Gasteiger partial charge >= 0.3 is 0 Å². The summed E-state index contributed by atoms with van der Waals surface area (Å²) in [5.41, 5.74) is 6.33. The van der Waals surface area contributed by atoms with Gasteiger partial charge in [0.05, 0.1) is 0 Å². The molecule has 0 aliphatic heterocycles. The second kappa shape index (κ2) is 2.65. The van der Waals surface area contributed by atoms with E-state index in [0.29, 0.717) is 18.1 Å². The maximum atomic E-state index is 5.65. The van der Waals surface area contributed by atoms with Crippen LogP contribution in [0, 0.1) is 6.92 Å². The summed E-state index contributed by atoms with van der Waals surface area (Å²) in [5.74, 6) is 1.18. The third-order valence-corrected chi connectivity index (χ3v) is 1.75. The molecule has 0 spiro atoms. The van der Waals surface area contributed by atoms with Crippen molar-refractivity contribution in [2.75, 3.05) is 12.3 Å². The Bertz CT molecular complexity index is 429. The average Bonchev–Trinajstić information content (AvgIpc) is 2.57. The summed E-state index contributed by atoms with van der Waals surface area (Å²) in [6.07, 6.45) is 1.56. The number of nitrogens with zero attached hydrogens (tertiary/aromatic N) is 4. The third-order valence-electron chi connectivity index (χ3n) is 1.75. The monoisotopic (exact) mass is 181 g/mol. The summed E-state index contributed by atoms with van der Waals surface area (Å²) in [4.78, 5) is 9.26. The van der Waals surface area contributed by atoms with E-state index in [4.69, 9.17) is 10.6 Å². The van der Waals surface area contributed by atoms with Gasteiger partial charge in [-0.2, -0.15) is 4.52 Å². The average molecular weight is 181 g/mol. The van der Waals surface area contributed by atoms with Gasteiger partial charge in [-0.05, 0) is 13.8 Å². The molecule has 0 atom stereocenters. The van der Waals surface area contributed by atoms with Crippen LogP contribution in [0.3, 0.4) is 0 Å². The molecule has 0 aliphatic carbocycles. The standard InChI is InChI=1S/C7H11N5O/c1-3-13-12-5(2)10-11-4-9-6(8)7(11)12/h4H,3,8H2,1-2H3. The lowest BCUT2D eigenvalue weighted by Crippen LogP contribution is -2.12. The summed E-state index contributed by atoms with van der Waals surface area (Å²) in [6.45, 7) is 4.32. The van der Waals surface area contributed by atoms with E-state index < -0.39 is 0 Å². The number of anilines is 1. The van der Waals surface area contributed by atoms with Crippen molar-refractivity contribution in [1.29, 1.82) is 0 Å². The third kappa shape index (κ3) is 1.02.